The lowest BCUT2D eigenvalue weighted by Crippen LogP contribution is -2.46. The van der Waals surface area contributed by atoms with Crippen LogP contribution in [0.5, 0.6) is 11.5 Å². The molecule has 2 unspecified atom stereocenters. The monoisotopic (exact) mass is 335 g/mol. The molecule has 1 heterocycles. The number of methoxy groups -OCH3 is 2. The van der Waals surface area contributed by atoms with Gasteiger partial charge in [-0.25, -0.2) is 0 Å². The summed E-state index contributed by atoms with van der Waals surface area (Å²) < 4.78 is 10.5. The molecule has 0 saturated carbocycles. The molecule has 2 amide bonds. The summed E-state index contributed by atoms with van der Waals surface area (Å²) in [6, 6.07) is 4.63. The summed E-state index contributed by atoms with van der Waals surface area (Å²) in [7, 11) is 3.12. The Balaban J connectivity index is 2.14. The fourth-order valence-electron chi connectivity index (χ4n) is 2.95. The van der Waals surface area contributed by atoms with Crippen molar-refractivity contribution in [3.63, 3.8) is 0 Å². The second kappa shape index (κ2) is 8.01. The van der Waals surface area contributed by atoms with E-state index in [-0.39, 0.29) is 24.3 Å². The number of amides is 2. The Hall–Kier alpha value is -2.28. The molecular weight excluding hydrogens is 310 g/mol. The molecule has 3 N–H and O–H groups in total. The smallest absolute Gasteiger partial charge is 0.242 e. The van der Waals surface area contributed by atoms with Crippen LogP contribution in [0.4, 0.5) is 0 Å². The molecule has 1 aliphatic rings. The van der Waals surface area contributed by atoms with Crippen molar-refractivity contribution in [3.05, 3.63) is 23.8 Å². The van der Waals surface area contributed by atoms with Crippen LogP contribution in [0.3, 0.4) is 0 Å². The molecule has 132 valence electrons. The Labute approximate surface area is 142 Å². The number of likely N-dealkylation sites (N-methyl/N-ethyl adjacent to an activating group) is 1. The van der Waals surface area contributed by atoms with Gasteiger partial charge in [-0.3, -0.25) is 9.59 Å². The highest BCUT2D eigenvalue weighted by atomic mass is 16.5. The molecule has 0 spiro atoms. The van der Waals surface area contributed by atoms with Gasteiger partial charge in [-0.2, -0.15) is 0 Å². The van der Waals surface area contributed by atoms with Crippen LogP contribution in [-0.2, 0) is 16.0 Å². The molecule has 7 heteroatoms. The van der Waals surface area contributed by atoms with E-state index in [1.54, 1.807) is 37.3 Å². The van der Waals surface area contributed by atoms with Crippen LogP contribution in [0.15, 0.2) is 18.2 Å². The molecule has 0 bridgehead atoms. The average molecular weight is 335 g/mol. The SMILES string of the molecule is CCNC(=O)C1CC(N)CN1C(=O)Cc1ccc(OC)cc1OC. The van der Waals surface area contributed by atoms with Crippen molar-refractivity contribution in [3.8, 4) is 11.5 Å². The molecule has 7 nitrogen and oxygen atoms in total. The molecule has 1 fully saturated rings. The minimum Gasteiger partial charge on any atom is -0.497 e. The maximum Gasteiger partial charge on any atom is 0.242 e. The van der Waals surface area contributed by atoms with Gasteiger partial charge in [0.25, 0.3) is 0 Å². The van der Waals surface area contributed by atoms with E-state index in [2.05, 4.69) is 5.32 Å². The summed E-state index contributed by atoms with van der Waals surface area (Å²) in [5.74, 6) is 0.954. The van der Waals surface area contributed by atoms with Gasteiger partial charge in [0.1, 0.15) is 17.5 Å². The minimum atomic E-state index is -0.503. The van der Waals surface area contributed by atoms with E-state index in [1.165, 1.54) is 0 Å². The number of carbonyl (C=O) groups excluding carboxylic acids is 2. The molecule has 1 saturated heterocycles. The maximum atomic E-state index is 12.7. The lowest BCUT2D eigenvalue weighted by Gasteiger charge is -2.24. The van der Waals surface area contributed by atoms with Crippen molar-refractivity contribution in [2.24, 2.45) is 5.73 Å². The first-order chi connectivity index (χ1) is 11.5. The summed E-state index contributed by atoms with van der Waals surface area (Å²) in [4.78, 5) is 26.4. The molecular formula is C17H25N3O4. The van der Waals surface area contributed by atoms with Crippen LogP contribution in [0, 0.1) is 0 Å². The topological polar surface area (TPSA) is 93.9 Å². The number of likely N-dealkylation sites (tertiary alicyclic amines) is 1. The Morgan fingerprint density at radius 2 is 2.08 bits per heavy atom. The zero-order valence-electron chi connectivity index (χ0n) is 14.4. The van der Waals surface area contributed by atoms with Gasteiger partial charge in [0.2, 0.25) is 11.8 Å². The quantitative estimate of drug-likeness (QED) is 0.780. The number of rotatable bonds is 6. The Morgan fingerprint density at radius 3 is 2.71 bits per heavy atom. The number of ether oxygens (including phenoxy) is 2. The molecule has 1 aromatic carbocycles. The number of nitrogens with two attached hydrogens (primary N) is 1. The molecule has 24 heavy (non-hydrogen) atoms. The van der Waals surface area contributed by atoms with E-state index in [0.717, 1.165) is 5.56 Å². The average Bonchev–Trinajstić information content (AvgIpc) is 2.97. The lowest BCUT2D eigenvalue weighted by atomic mass is 10.1. The van der Waals surface area contributed by atoms with Crippen molar-refractivity contribution in [1.29, 1.82) is 0 Å². The van der Waals surface area contributed by atoms with Crippen molar-refractivity contribution >= 4 is 11.8 Å². The number of nitrogens with zero attached hydrogens (tertiary/aromatic N) is 1. The Bertz CT molecular complexity index is 605. The van der Waals surface area contributed by atoms with Crippen LogP contribution in [0.25, 0.3) is 0 Å². The molecule has 2 rings (SSSR count). The second-order valence-corrected chi connectivity index (χ2v) is 5.81. The predicted octanol–water partition coefficient (Wildman–Crippen LogP) is 0.311. The number of hydrogen-bond donors (Lipinski definition) is 2. The molecule has 0 aliphatic carbocycles. The molecule has 0 radical (unpaired) electrons. The summed E-state index contributed by atoms with van der Waals surface area (Å²) >= 11 is 0. The van der Waals surface area contributed by atoms with Gasteiger partial charge in [-0.15, -0.1) is 0 Å². The standard InChI is InChI=1S/C17H25N3O4/c1-4-19-17(22)14-8-12(18)10-20(14)16(21)7-11-5-6-13(23-2)9-15(11)24-3/h5-6,9,12,14H,4,7-8,10,18H2,1-3H3,(H,19,22). The Morgan fingerprint density at radius 1 is 1.33 bits per heavy atom. The van der Waals surface area contributed by atoms with E-state index in [1.807, 2.05) is 6.92 Å². The van der Waals surface area contributed by atoms with Gasteiger partial charge in [0.05, 0.1) is 20.6 Å². The third kappa shape index (κ3) is 3.97. The van der Waals surface area contributed by atoms with Crippen LogP contribution in [0.2, 0.25) is 0 Å². The summed E-state index contributed by atoms with van der Waals surface area (Å²) in [6.45, 7) is 2.76. The fraction of sp³-hybridized carbons (Fsp3) is 0.529. The summed E-state index contributed by atoms with van der Waals surface area (Å²) in [6.07, 6.45) is 0.632. The summed E-state index contributed by atoms with van der Waals surface area (Å²) in [5.41, 5.74) is 6.71. The minimum absolute atomic E-state index is 0.136. The van der Waals surface area contributed by atoms with Gasteiger partial charge in [-0.1, -0.05) is 6.07 Å². The molecule has 0 aromatic heterocycles. The molecule has 2 atom stereocenters. The van der Waals surface area contributed by atoms with Gasteiger partial charge >= 0.3 is 0 Å². The number of nitrogens with one attached hydrogen (secondary N) is 1. The van der Waals surface area contributed by atoms with Crippen molar-refractivity contribution < 1.29 is 19.1 Å². The molecule has 1 aromatic rings. The first-order valence-corrected chi connectivity index (χ1v) is 8.03. The first-order valence-electron chi connectivity index (χ1n) is 8.03. The lowest BCUT2D eigenvalue weighted by molar-refractivity contribution is -0.137. The van der Waals surface area contributed by atoms with Gasteiger partial charge < -0.3 is 25.4 Å². The van der Waals surface area contributed by atoms with E-state index >= 15 is 0 Å². The zero-order valence-corrected chi connectivity index (χ0v) is 14.4. The normalized spacial score (nSPS) is 19.9. The first kappa shape index (κ1) is 18.1. The van der Waals surface area contributed by atoms with E-state index in [4.69, 9.17) is 15.2 Å². The summed E-state index contributed by atoms with van der Waals surface area (Å²) in [5, 5.41) is 2.76. The van der Waals surface area contributed by atoms with Gasteiger partial charge in [0, 0.05) is 30.8 Å². The largest absolute Gasteiger partial charge is 0.497 e. The van der Waals surface area contributed by atoms with Crippen LogP contribution in [0.1, 0.15) is 18.9 Å². The third-order valence-corrected chi connectivity index (χ3v) is 4.14. The Kier molecular flexibility index (Phi) is 6.03. The van der Waals surface area contributed by atoms with Crippen LogP contribution in [-0.4, -0.2) is 56.1 Å². The zero-order chi connectivity index (χ0) is 17.7. The highest BCUT2D eigenvalue weighted by Crippen LogP contribution is 2.26. The van der Waals surface area contributed by atoms with Gasteiger partial charge in [-0.05, 0) is 19.4 Å². The highest BCUT2D eigenvalue weighted by Gasteiger charge is 2.37. The van der Waals surface area contributed by atoms with Gasteiger partial charge in [0.15, 0.2) is 0 Å². The van der Waals surface area contributed by atoms with Crippen molar-refractivity contribution in [1.82, 2.24) is 10.2 Å². The number of benzene rings is 1. The van der Waals surface area contributed by atoms with E-state index in [9.17, 15) is 9.59 Å². The van der Waals surface area contributed by atoms with Crippen LogP contribution >= 0.6 is 0 Å². The number of carbonyl (C=O) groups is 2. The van der Waals surface area contributed by atoms with E-state index < -0.39 is 6.04 Å². The maximum absolute atomic E-state index is 12.7. The second-order valence-electron chi connectivity index (χ2n) is 5.81. The van der Waals surface area contributed by atoms with Crippen LogP contribution < -0.4 is 20.5 Å². The highest BCUT2D eigenvalue weighted by molar-refractivity contribution is 5.89. The van der Waals surface area contributed by atoms with Crippen molar-refractivity contribution in [2.45, 2.75) is 31.8 Å². The van der Waals surface area contributed by atoms with E-state index in [0.29, 0.717) is 31.0 Å². The number of hydrogen-bond acceptors (Lipinski definition) is 5. The predicted molar refractivity (Wildman–Crippen MR) is 90.0 cm³/mol. The van der Waals surface area contributed by atoms with Crippen molar-refractivity contribution in [2.75, 3.05) is 27.3 Å². The fourth-order valence-corrected chi connectivity index (χ4v) is 2.95. The molecule has 1 aliphatic heterocycles. The third-order valence-electron chi connectivity index (χ3n) is 4.14.